The van der Waals surface area contributed by atoms with E-state index in [2.05, 4.69) is 15.6 Å². The summed E-state index contributed by atoms with van der Waals surface area (Å²) in [4.78, 5) is 16.0. The van der Waals surface area contributed by atoms with Crippen LogP contribution in [0.1, 0.15) is 27.0 Å². The van der Waals surface area contributed by atoms with Gasteiger partial charge in [-0.25, -0.2) is 0 Å². The van der Waals surface area contributed by atoms with Crippen molar-refractivity contribution < 1.29 is 18.0 Å². The number of rotatable bonds is 5. The average molecular weight is 506 g/mol. The summed E-state index contributed by atoms with van der Waals surface area (Å²) in [6.45, 7) is 4.38. The second kappa shape index (κ2) is 10.3. The number of halogens is 4. The van der Waals surface area contributed by atoms with Crippen molar-refractivity contribution in [3.63, 3.8) is 0 Å². The summed E-state index contributed by atoms with van der Waals surface area (Å²) in [7, 11) is 0. The van der Waals surface area contributed by atoms with Crippen LogP contribution in [0.5, 0.6) is 0 Å². The Hall–Kier alpha value is -2.30. The van der Waals surface area contributed by atoms with Gasteiger partial charge in [0, 0.05) is 17.8 Å². The van der Waals surface area contributed by atoms with Crippen molar-refractivity contribution in [2.24, 2.45) is 10.7 Å². The lowest BCUT2D eigenvalue weighted by Crippen LogP contribution is -2.28. The van der Waals surface area contributed by atoms with E-state index in [0.717, 1.165) is 41.1 Å². The Labute approximate surface area is 178 Å². The van der Waals surface area contributed by atoms with Gasteiger partial charge in [-0.2, -0.15) is 13.2 Å². The molecule has 28 heavy (non-hydrogen) atoms. The van der Waals surface area contributed by atoms with Crippen LogP contribution in [0.3, 0.4) is 0 Å². The molecule has 5 nitrogen and oxygen atoms in total. The topological polar surface area (TPSA) is 79.5 Å². The number of aryl methyl sites for hydroxylation is 2. The van der Waals surface area contributed by atoms with Crippen molar-refractivity contribution in [3.05, 3.63) is 64.7 Å². The minimum absolute atomic E-state index is 0. The first-order valence-electron chi connectivity index (χ1n) is 8.26. The molecule has 2 rings (SSSR count). The van der Waals surface area contributed by atoms with E-state index in [1.54, 1.807) is 0 Å². The fourth-order valence-corrected chi connectivity index (χ4v) is 2.49. The maximum atomic E-state index is 12.5. The molecule has 2 aromatic carbocycles. The molecule has 0 aliphatic rings. The van der Waals surface area contributed by atoms with E-state index in [1.807, 2.05) is 32.0 Å². The van der Waals surface area contributed by atoms with Crippen LogP contribution in [-0.2, 0) is 6.18 Å². The van der Waals surface area contributed by atoms with Gasteiger partial charge in [-0.3, -0.25) is 9.79 Å². The van der Waals surface area contributed by atoms with Gasteiger partial charge in [0.1, 0.15) is 0 Å². The van der Waals surface area contributed by atoms with Gasteiger partial charge in [0.2, 0.25) is 0 Å². The Morgan fingerprint density at radius 1 is 1.07 bits per heavy atom. The first-order chi connectivity index (χ1) is 12.6. The summed E-state index contributed by atoms with van der Waals surface area (Å²) in [5.41, 5.74) is 8.17. The van der Waals surface area contributed by atoms with E-state index < -0.39 is 17.6 Å². The Bertz CT molecular complexity index is 816. The first-order valence-corrected chi connectivity index (χ1v) is 8.26. The van der Waals surface area contributed by atoms with Crippen molar-refractivity contribution in [3.8, 4) is 0 Å². The predicted molar refractivity (Wildman–Crippen MR) is 115 cm³/mol. The fourth-order valence-electron chi connectivity index (χ4n) is 2.49. The number of hydrogen-bond acceptors (Lipinski definition) is 2. The number of carbonyl (C=O) groups excluding carboxylic acids is 1. The molecule has 152 valence electrons. The number of hydrogen-bond donors (Lipinski definition) is 3. The van der Waals surface area contributed by atoms with Gasteiger partial charge in [-0.15, -0.1) is 24.0 Å². The van der Waals surface area contributed by atoms with Gasteiger partial charge in [-0.05, 0) is 61.4 Å². The van der Waals surface area contributed by atoms with Gasteiger partial charge in [0.15, 0.2) is 5.96 Å². The molecule has 1 amide bonds. The van der Waals surface area contributed by atoms with E-state index in [0.29, 0.717) is 0 Å². The number of anilines is 1. The highest BCUT2D eigenvalue weighted by Crippen LogP contribution is 2.29. The molecule has 0 aliphatic carbocycles. The first kappa shape index (κ1) is 23.7. The molecular weight excluding hydrogens is 484 g/mol. The molecule has 0 heterocycles. The largest absolute Gasteiger partial charge is 0.416 e. The van der Waals surface area contributed by atoms with Crippen molar-refractivity contribution in [2.75, 3.05) is 18.4 Å². The molecule has 0 unspecified atom stereocenters. The second-order valence-corrected chi connectivity index (χ2v) is 6.10. The molecule has 0 fully saturated rings. The third kappa shape index (κ3) is 7.37. The lowest BCUT2D eigenvalue weighted by molar-refractivity contribution is -0.137. The number of carbonyl (C=O) groups is 1. The van der Waals surface area contributed by atoms with E-state index in [1.165, 1.54) is 0 Å². The summed E-state index contributed by atoms with van der Waals surface area (Å²) in [5, 5.41) is 5.56. The Morgan fingerprint density at radius 3 is 2.18 bits per heavy atom. The number of nitrogens with zero attached hydrogens (tertiary/aromatic N) is 1. The van der Waals surface area contributed by atoms with E-state index >= 15 is 0 Å². The van der Waals surface area contributed by atoms with Crippen LogP contribution in [0.15, 0.2) is 47.5 Å². The molecular formula is C19H22F3IN4O. The Kier molecular flexibility index (Phi) is 8.73. The zero-order valence-corrected chi connectivity index (χ0v) is 17.8. The number of aliphatic imine (C=N–C) groups is 1. The summed E-state index contributed by atoms with van der Waals surface area (Å²) < 4.78 is 37.5. The number of nitrogens with two attached hydrogens (primary N) is 1. The van der Waals surface area contributed by atoms with Crippen molar-refractivity contribution >= 4 is 41.5 Å². The molecule has 0 bridgehead atoms. The Morgan fingerprint density at radius 2 is 1.64 bits per heavy atom. The number of amides is 1. The fraction of sp³-hybridized carbons (Fsp3) is 0.263. The molecule has 0 aromatic heterocycles. The van der Waals surface area contributed by atoms with Crippen LogP contribution >= 0.6 is 24.0 Å². The normalized spacial score (nSPS) is 11.5. The average Bonchev–Trinajstić information content (AvgIpc) is 2.57. The molecule has 0 aliphatic heterocycles. The summed E-state index contributed by atoms with van der Waals surface area (Å²) in [6.07, 6.45) is -4.43. The smallest absolute Gasteiger partial charge is 0.370 e. The lowest BCUT2D eigenvalue weighted by Gasteiger charge is -2.09. The molecule has 4 N–H and O–H groups in total. The minimum atomic E-state index is -4.43. The summed E-state index contributed by atoms with van der Waals surface area (Å²) >= 11 is 0. The van der Waals surface area contributed by atoms with E-state index in [4.69, 9.17) is 5.73 Å². The van der Waals surface area contributed by atoms with Crippen molar-refractivity contribution in [1.82, 2.24) is 5.32 Å². The van der Waals surface area contributed by atoms with Crippen LogP contribution in [0.25, 0.3) is 0 Å². The van der Waals surface area contributed by atoms with Crippen LogP contribution in [0.4, 0.5) is 18.9 Å². The second-order valence-electron chi connectivity index (χ2n) is 6.10. The molecule has 9 heteroatoms. The monoisotopic (exact) mass is 506 g/mol. The van der Waals surface area contributed by atoms with Crippen LogP contribution in [0.2, 0.25) is 0 Å². The SMILES string of the molecule is Cc1cc(C)cc(NC(N)=NCCNC(=O)c2ccc(C(F)(F)F)cc2)c1.I. The molecule has 0 saturated carbocycles. The number of nitrogens with one attached hydrogen (secondary N) is 2. The third-order valence-corrected chi connectivity index (χ3v) is 3.65. The van der Waals surface area contributed by atoms with Crippen molar-refractivity contribution in [1.29, 1.82) is 0 Å². The van der Waals surface area contributed by atoms with Crippen LogP contribution < -0.4 is 16.4 Å². The number of benzene rings is 2. The number of alkyl halides is 3. The maximum absolute atomic E-state index is 12.5. The van der Waals surface area contributed by atoms with Crippen LogP contribution in [0, 0.1) is 13.8 Å². The maximum Gasteiger partial charge on any atom is 0.416 e. The highest BCUT2D eigenvalue weighted by atomic mass is 127. The minimum Gasteiger partial charge on any atom is -0.370 e. The molecule has 0 saturated heterocycles. The zero-order valence-electron chi connectivity index (χ0n) is 15.4. The quantitative estimate of drug-likeness (QED) is 0.248. The van der Waals surface area contributed by atoms with Gasteiger partial charge in [0.25, 0.3) is 5.91 Å². The van der Waals surface area contributed by atoms with E-state index in [9.17, 15) is 18.0 Å². The highest BCUT2D eigenvalue weighted by molar-refractivity contribution is 14.0. The van der Waals surface area contributed by atoms with Crippen LogP contribution in [-0.4, -0.2) is 25.0 Å². The van der Waals surface area contributed by atoms with E-state index in [-0.39, 0.29) is 48.6 Å². The summed E-state index contributed by atoms with van der Waals surface area (Å²) in [6, 6.07) is 9.92. The van der Waals surface area contributed by atoms with Crippen molar-refractivity contribution in [2.45, 2.75) is 20.0 Å². The number of guanidine groups is 1. The standard InChI is InChI=1S/C19H21F3N4O.HI/c1-12-9-13(2)11-16(10-12)26-18(23)25-8-7-24-17(27)14-3-5-15(6-4-14)19(20,21)22;/h3-6,9-11H,7-8H2,1-2H3,(H,24,27)(H3,23,25,26);1H. The van der Waals surface area contributed by atoms with Gasteiger partial charge < -0.3 is 16.4 Å². The lowest BCUT2D eigenvalue weighted by atomic mass is 10.1. The Balaban J connectivity index is 0.00000392. The summed E-state index contributed by atoms with van der Waals surface area (Å²) in [5.74, 6) is -0.261. The highest BCUT2D eigenvalue weighted by Gasteiger charge is 2.30. The molecule has 0 spiro atoms. The van der Waals surface area contributed by atoms with Gasteiger partial charge in [0.05, 0.1) is 12.1 Å². The molecule has 0 atom stereocenters. The molecule has 2 aromatic rings. The van der Waals surface area contributed by atoms with Gasteiger partial charge >= 0.3 is 6.18 Å². The van der Waals surface area contributed by atoms with Gasteiger partial charge in [-0.1, -0.05) is 6.07 Å². The predicted octanol–water partition coefficient (Wildman–Crippen LogP) is 4.10. The zero-order chi connectivity index (χ0) is 20.0. The third-order valence-electron chi connectivity index (χ3n) is 3.65. The molecule has 0 radical (unpaired) electrons.